The topological polar surface area (TPSA) is 38.8 Å². The molecule has 5 nitrogen and oxygen atoms in total. The lowest BCUT2D eigenvalue weighted by molar-refractivity contribution is 0.194. The third kappa shape index (κ3) is 5.54. The summed E-state index contributed by atoms with van der Waals surface area (Å²) < 4.78 is 63.7. The molecule has 3 rings (SSSR count). The van der Waals surface area contributed by atoms with Crippen molar-refractivity contribution >= 4 is 23.3 Å². The van der Waals surface area contributed by atoms with E-state index in [1.54, 1.807) is 6.92 Å². The normalized spacial score (nSPS) is 28.6. The number of carbonyl (C=O) groups excluding carboxylic acids is 1. The van der Waals surface area contributed by atoms with Crippen LogP contribution in [0.5, 0.6) is 0 Å². The predicted octanol–water partition coefficient (Wildman–Crippen LogP) is 3.99. The molecule has 156 valence electrons. The van der Waals surface area contributed by atoms with Gasteiger partial charge < -0.3 is 15.1 Å². The van der Waals surface area contributed by atoms with E-state index in [1.165, 1.54) is 7.05 Å². The molecule has 1 heterocycles. The number of amides is 2. The highest BCUT2D eigenvalue weighted by atomic mass is 35.5. The maximum atomic E-state index is 12.1. The molecule has 0 bridgehead atoms. The Morgan fingerprint density at radius 2 is 2.04 bits per heavy atom. The lowest BCUT2D eigenvalue weighted by Gasteiger charge is -2.37. The number of carbonyl (C=O) groups is 1. The van der Waals surface area contributed by atoms with Gasteiger partial charge in [0.1, 0.15) is 0 Å². The standard InChI is InChI=1S/C22H35ClN4O/c1-17-5-4-6-20(21(17)23)27-15-13-26(14-16-27)12-11-18-7-9-19(10-8-18)24-22(28)25(2)3/h4-6,18-19H,7-16H2,1-3H3,(H,24,28)/t18-,19-/i2D3,4D,5D,6D,12D2. The molecule has 6 heteroatoms. The molecule has 1 N–H and O–H groups in total. The summed E-state index contributed by atoms with van der Waals surface area (Å²) >= 11 is 6.44. The highest BCUT2D eigenvalue weighted by Gasteiger charge is 2.24. The third-order valence-electron chi connectivity index (χ3n) is 5.65. The Labute approximate surface area is 186 Å². The number of benzene rings is 1. The van der Waals surface area contributed by atoms with Crippen molar-refractivity contribution in [2.45, 2.75) is 45.1 Å². The number of rotatable bonds is 5. The van der Waals surface area contributed by atoms with Crippen molar-refractivity contribution in [3.05, 3.63) is 28.7 Å². The SMILES string of the molecule is [2H]c1c([2H])c(C)c(Cl)c(N2CCN(C([2H])([2H])C[C@H]3CC[C@H](NC(=O)N(C)C([2H])([2H])[2H])CC3)CC2)c1[2H]. The second-order valence-electron chi connectivity index (χ2n) is 7.73. The van der Waals surface area contributed by atoms with Crippen LogP contribution in [0.25, 0.3) is 0 Å². The Bertz CT molecular complexity index is 931. The molecule has 28 heavy (non-hydrogen) atoms. The molecule has 1 aliphatic heterocycles. The largest absolute Gasteiger partial charge is 0.368 e. The fourth-order valence-corrected chi connectivity index (χ4v) is 4.03. The molecule has 1 saturated heterocycles. The van der Waals surface area contributed by atoms with Crippen LogP contribution in [0, 0.1) is 12.8 Å². The van der Waals surface area contributed by atoms with Crippen molar-refractivity contribution in [3.8, 4) is 0 Å². The van der Waals surface area contributed by atoms with Gasteiger partial charge in [-0.2, -0.15) is 0 Å². The van der Waals surface area contributed by atoms with Crippen molar-refractivity contribution in [1.29, 1.82) is 0 Å². The molecule has 0 spiro atoms. The zero-order valence-electron chi connectivity index (χ0n) is 24.6. The molecular formula is C22H35ClN4O. The lowest BCUT2D eigenvalue weighted by Crippen LogP contribution is -2.47. The second kappa shape index (κ2) is 9.84. The number of nitrogens with zero attached hydrogens (tertiary/aromatic N) is 3. The summed E-state index contributed by atoms with van der Waals surface area (Å²) in [6.45, 7) is -0.484. The zero-order chi connectivity index (χ0) is 27.0. The Hall–Kier alpha value is -1.46. The average molecular weight is 415 g/mol. The molecule has 1 saturated carbocycles. The first-order valence-corrected chi connectivity index (χ1v) is 10.3. The van der Waals surface area contributed by atoms with Crippen molar-refractivity contribution < 1.29 is 15.8 Å². The first-order valence-electron chi connectivity index (χ1n) is 13.9. The zero-order valence-corrected chi connectivity index (χ0v) is 17.4. The van der Waals surface area contributed by atoms with Crippen molar-refractivity contribution in [1.82, 2.24) is 15.1 Å². The molecule has 1 aromatic rings. The number of nitrogens with one attached hydrogen (secondary N) is 1. The van der Waals surface area contributed by atoms with Gasteiger partial charge >= 0.3 is 6.03 Å². The molecule has 1 aliphatic carbocycles. The Kier molecular flexibility index (Phi) is 4.56. The third-order valence-corrected chi connectivity index (χ3v) is 6.11. The van der Waals surface area contributed by atoms with Crippen LogP contribution in [-0.4, -0.2) is 68.6 Å². The van der Waals surface area contributed by atoms with E-state index in [2.05, 4.69) is 5.32 Å². The Balaban J connectivity index is 1.52. The molecule has 2 amide bonds. The van der Waals surface area contributed by atoms with E-state index in [-0.39, 0.29) is 30.1 Å². The molecular weight excluding hydrogens is 372 g/mol. The number of hydrogen-bond acceptors (Lipinski definition) is 3. The van der Waals surface area contributed by atoms with Gasteiger partial charge in [-0.15, -0.1) is 0 Å². The van der Waals surface area contributed by atoms with Gasteiger partial charge in [-0.25, -0.2) is 4.79 Å². The summed E-state index contributed by atoms with van der Waals surface area (Å²) in [5.41, 5.74) is 0.919. The predicted molar refractivity (Wildman–Crippen MR) is 117 cm³/mol. The minimum absolute atomic E-state index is 0.0395. The highest BCUT2D eigenvalue weighted by molar-refractivity contribution is 6.34. The van der Waals surface area contributed by atoms with E-state index in [9.17, 15) is 4.79 Å². The minimum atomic E-state index is -2.48. The molecule has 0 atom stereocenters. The first-order chi connectivity index (χ1) is 16.6. The summed E-state index contributed by atoms with van der Waals surface area (Å²) in [4.78, 5) is 16.6. The van der Waals surface area contributed by atoms with Gasteiger partial charge in [-0.05, 0) is 63.0 Å². The Morgan fingerprint density at radius 1 is 1.32 bits per heavy atom. The van der Waals surface area contributed by atoms with E-state index in [1.807, 2.05) is 9.80 Å². The average Bonchev–Trinajstić information content (AvgIpc) is 2.82. The molecule has 0 radical (unpaired) electrons. The molecule has 0 aromatic heterocycles. The van der Waals surface area contributed by atoms with Crippen molar-refractivity contribution in [2.75, 3.05) is 51.6 Å². The summed E-state index contributed by atoms with van der Waals surface area (Å²) in [6.07, 6.45) is 3.24. The van der Waals surface area contributed by atoms with Gasteiger partial charge in [0, 0.05) is 53.1 Å². The highest BCUT2D eigenvalue weighted by Crippen LogP contribution is 2.30. The van der Waals surface area contributed by atoms with E-state index in [4.69, 9.17) is 22.6 Å². The summed E-state index contributed by atoms with van der Waals surface area (Å²) in [5.74, 6) is 0.166. The van der Waals surface area contributed by atoms with Crippen molar-refractivity contribution in [2.24, 2.45) is 5.92 Å². The molecule has 2 fully saturated rings. The number of anilines is 1. The molecule has 2 aliphatic rings. The van der Waals surface area contributed by atoms with Crippen LogP contribution in [0.3, 0.4) is 0 Å². The smallest absolute Gasteiger partial charge is 0.317 e. The van der Waals surface area contributed by atoms with Gasteiger partial charge in [-0.1, -0.05) is 23.7 Å². The Morgan fingerprint density at radius 3 is 2.71 bits per heavy atom. The maximum Gasteiger partial charge on any atom is 0.317 e. The van der Waals surface area contributed by atoms with Crippen LogP contribution in [0.4, 0.5) is 10.5 Å². The number of urea groups is 1. The quantitative estimate of drug-likeness (QED) is 0.791. The molecule has 0 unspecified atom stereocenters. The van der Waals surface area contributed by atoms with Gasteiger partial charge in [0.05, 0.1) is 14.8 Å². The van der Waals surface area contributed by atoms with E-state index < -0.39 is 19.5 Å². The van der Waals surface area contributed by atoms with Gasteiger partial charge in [-0.3, -0.25) is 4.90 Å². The van der Waals surface area contributed by atoms with Crippen LogP contribution in [-0.2, 0) is 0 Å². The van der Waals surface area contributed by atoms with Crippen LogP contribution in [0.1, 0.15) is 48.6 Å². The lowest BCUT2D eigenvalue weighted by atomic mass is 9.84. The summed E-state index contributed by atoms with van der Waals surface area (Å²) in [5, 5.41) is 3.09. The fraction of sp³-hybridized carbons (Fsp3) is 0.682. The van der Waals surface area contributed by atoms with Gasteiger partial charge in [0.2, 0.25) is 0 Å². The van der Waals surface area contributed by atoms with E-state index in [0.717, 1.165) is 17.7 Å². The van der Waals surface area contributed by atoms with Crippen LogP contribution in [0.15, 0.2) is 18.1 Å². The van der Waals surface area contributed by atoms with Crippen LogP contribution < -0.4 is 10.2 Å². The van der Waals surface area contributed by atoms with Crippen LogP contribution >= 0.6 is 11.6 Å². The number of piperazine rings is 1. The molecule has 1 aromatic carbocycles. The van der Waals surface area contributed by atoms with Crippen molar-refractivity contribution in [3.63, 3.8) is 0 Å². The number of hydrogen-bond donors (Lipinski definition) is 1. The monoisotopic (exact) mass is 414 g/mol. The van der Waals surface area contributed by atoms with Gasteiger partial charge in [0.25, 0.3) is 0 Å². The van der Waals surface area contributed by atoms with Crippen LogP contribution in [0.2, 0.25) is 5.02 Å². The number of halogens is 1. The minimum Gasteiger partial charge on any atom is -0.368 e. The maximum absolute atomic E-state index is 12.1. The van der Waals surface area contributed by atoms with E-state index in [0.29, 0.717) is 61.7 Å². The first kappa shape index (κ1) is 13.0. The fourth-order valence-electron chi connectivity index (χ4n) is 3.82. The second-order valence-corrected chi connectivity index (χ2v) is 8.10. The summed E-state index contributed by atoms with van der Waals surface area (Å²) in [7, 11) is 1.25. The van der Waals surface area contributed by atoms with E-state index >= 15 is 0 Å². The summed E-state index contributed by atoms with van der Waals surface area (Å²) in [6, 6.07) is -0.991. The van der Waals surface area contributed by atoms with Gasteiger partial charge in [0.15, 0.2) is 0 Å².